The molecular weight excluding hydrogens is 382 g/mol. The van der Waals surface area contributed by atoms with Crippen molar-refractivity contribution in [2.75, 3.05) is 29.9 Å². The molecule has 2 aromatic heterocycles. The van der Waals surface area contributed by atoms with E-state index in [4.69, 9.17) is 4.74 Å². The summed E-state index contributed by atoms with van der Waals surface area (Å²) in [6, 6.07) is 16.3. The van der Waals surface area contributed by atoms with Gasteiger partial charge in [0.15, 0.2) is 5.69 Å². The Morgan fingerprint density at radius 2 is 2.03 bits per heavy atom. The molecule has 0 bridgehead atoms. The molecule has 8 nitrogen and oxygen atoms in total. The summed E-state index contributed by atoms with van der Waals surface area (Å²) in [4.78, 5) is 22.3. The van der Waals surface area contributed by atoms with Crippen molar-refractivity contribution in [2.45, 2.75) is 19.6 Å². The Morgan fingerprint density at radius 1 is 1.20 bits per heavy atom. The van der Waals surface area contributed by atoms with E-state index in [0.717, 1.165) is 24.5 Å². The summed E-state index contributed by atoms with van der Waals surface area (Å²) >= 11 is 0. The zero-order valence-corrected chi connectivity index (χ0v) is 16.7. The molecule has 1 aliphatic rings. The largest absolute Gasteiger partial charge is 0.375 e. The van der Waals surface area contributed by atoms with Gasteiger partial charge in [0.2, 0.25) is 0 Å². The van der Waals surface area contributed by atoms with Crippen molar-refractivity contribution in [3.05, 3.63) is 76.5 Å². The Kier molecular flexibility index (Phi) is 5.85. The van der Waals surface area contributed by atoms with Gasteiger partial charge in [0.25, 0.3) is 5.69 Å². The van der Waals surface area contributed by atoms with E-state index in [1.165, 1.54) is 6.07 Å². The quantitative estimate of drug-likeness (QED) is 0.491. The SMILES string of the molecule is CC1CN(c2ccc(CNc3ccc([N+](=O)[O-])c(-c4ccccc4)n3)cn2)CCO1. The highest BCUT2D eigenvalue weighted by molar-refractivity contribution is 5.71. The molecule has 4 rings (SSSR count). The number of aromatic nitrogens is 2. The molecule has 1 aliphatic heterocycles. The molecule has 0 aliphatic carbocycles. The van der Waals surface area contributed by atoms with E-state index >= 15 is 0 Å². The topological polar surface area (TPSA) is 93.4 Å². The number of nitro groups is 1. The summed E-state index contributed by atoms with van der Waals surface area (Å²) in [6.07, 6.45) is 2.04. The van der Waals surface area contributed by atoms with Crippen LogP contribution in [0.15, 0.2) is 60.8 Å². The predicted molar refractivity (Wildman–Crippen MR) is 116 cm³/mol. The summed E-state index contributed by atoms with van der Waals surface area (Å²) in [5.41, 5.74) is 2.04. The first kappa shape index (κ1) is 19.8. The molecule has 0 saturated carbocycles. The van der Waals surface area contributed by atoms with E-state index in [1.807, 2.05) is 48.7 Å². The fourth-order valence-electron chi connectivity index (χ4n) is 3.43. The first-order chi connectivity index (χ1) is 14.6. The van der Waals surface area contributed by atoms with Gasteiger partial charge in [0.05, 0.1) is 17.6 Å². The van der Waals surface area contributed by atoms with Crippen molar-refractivity contribution in [3.8, 4) is 11.3 Å². The maximum atomic E-state index is 11.4. The lowest BCUT2D eigenvalue weighted by Crippen LogP contribution is -2.41. The van der Waals surface area contributed by atoms with Crippen molar-refractivity contribution in [3.63, 3.8) is 0 Å². The van der Waals surface area contributed by atoms with Gasteiger partial charge < -0.3 is 15.0 Å². The third-order valence-electron chi connectivity index (χ3n) is 4.97. The minimum atomic E-state index is -0.408. The average Bonchev–Trinajstić information content (AvgIpc) is 2.78. The van der Waals surface area contributed by atoms with Crippen LogP contribution >= 0.6 is 0 Å². The van der Waals surface area contributed by atoms with E-state index in [0.29, 0.717) is 30.2 Å². The minimum absolute atomic E-state index is 0.0162. The molecule has 1 unspecified atom stereocenters. The molecule has 8 heteroatoms. The molecule has 154 valence electrons. The van der Waals surface area contributed by atoms with Crippen LogP contribution < -0.4 is 10.2 Å². The fourth-order valence-corrected chi connectivity index (χ4v) is 3.43. The number of nitrogens with zero attached hydrogens (tertiary/aromatic N) is 4. The maximum Gasteiger partial charge on any atom is 0.295 e. The van der Waals surface area contributed by atoms with Gasteiger partial charge in [0, 0.05) is 37.5 Å². The van der Waals surface area contributed by atoms with Gasteiger partial charge in [-0.1, -0.05) is 36.4 Å². The maximum absolute atomic E-state index is 11.4. The zero-order chi connectivity index (χ0) is 20.9. The van der Waals surface area contributed by atoms with Gasteiger partial charge in [-0.05, 0) is 24.6 Å². The van der Waals surface area contributed by atoms with Gasteiger partial charge in [-0.25, -0.2) is 9.97 Å². The molecule has 3 heterocycles. The molecule has 3 aromatic rings. The smallest absolute Gasteiger partial charge is 0.295 e. The van der Waals surface area contributed by atoms with Crippen LogP contribution in [0.25, 0.3) is 11.3 Å². The zero-order valence-electron chi connectivity index (χ0n) is 16.7. The van der Waals surface area contributed by atoms with Gasteiger partial charge >= 0.3 is 0 Å². The third-order valence-corrected chi connectivity index (χ3v) is 4.97. The number of benzene rings is 1. The highest BCUT2D eigenvalue weighted by Gasteiger charge is 2.19. The normalized spacial score (nSPS) is 16.3. The highest BCUT2D eigenvalue weighted by Crippen LogP contribution is 2.29. The van der Waals surface area contributed by atoms with Gasteiger partial charge in [-0.3, -0.25) is 10.1 Å². The Bertz CT molecular complexity index is 1010. The van der Waals surface area contributed by atoms with Gasteiger partial charge in [-0.15, -0.1) is 0 Å². The first-order valence-electron chi connectivity index (χ1n) is 9.86. The molecule has 0 radical (unpaired) electrons. The lowest BCUT2D eigenvalue weighted by atomic mass is 10.1. The van der Waals surface area contributed by atoms with Crippen LogP contribution in [0, 0.1) is 10.1 Å². The lowest BCUT2D eigenvalue weighted by Gasteiger charge is -2.32. The molecule has 1 N–H and O–H groups in total. The molecule has 1 aromatic carbocycles. The summed E-state index contributed by atoms with van der Waals surface area (Å²) in [6.45, 7) is 4.96. The molecule has 0 spiro atoms. The van der Waals surface area contributed by atoms with E-state index in [1.54, 1.807) is 6.07 Å². The second-order valence-electron chi connectivity index (χ2n) is 7.19. The number of pyridine rings is 2. The summed E-state index contributed by atoms with van der Waals surface area (Å²) < 4.78 is 5.58. The number of hydrogen-bond acceptors (Lipinski definition) is 7. The Balaban J connectivity index is 1.46. The summed E-state index contributed by atoms with van der Waals surface area (Å²) in [7, 11) is 0. The van der Waals surface area contributed by atoms with Crippen molar-refractivity contribution >= 4 is 17.3 Å². The van der Waals surface area contributed by atoms with Crippen LogP contribution in [-0.2, 0) is 11.3 Å². The first-order valence-corrected chi connectivity index (χ1v) is 9.86. The number of hydrogen-bond donors (Lipinski definition) is 1. The summed E-state index contributed by atoms with van der Waals surface area (Å²) in [5, 5.41) is 14.6. The van der Waals surface area contributed by atoms with Crippen molar-refractivity contribution in [2.24, 2.45) is 0 Å². The van der Waals surface area contributed by atoms with Crippen LogP contribution in [-0.4, -0.2) is 40.7 Å². The summed E-state index contributed by atoms with van der Waals surface area (Å²) in [5.74, 6) is 1.51. The van der Waals surface area contributed by atoms with Gasteiger partial charge in [0.1, 0.15) is 11.6 Å². The predicted octanol–water partition coefficient (Wildman–Crippen LogP) is 3.89. The van der Waals surface area contributed by atoms with E-state index < -0.39 is 4.92 Å². The Hall–Kier alpha value is -3.52. The highest BCUT2D eigenvalue weighted by atomic mass is 16.6. The fraction of sp³-hybridized carbons (Fsp3) is 0.273. The van der Waals surface area contributed by atoms with Crippen LogP contribution in [0.3, 0.4) is 0 Å². The van der Waals surface area contributed by atoms with E-state index in [-0.39, 0.29) is 11.8 Å². The molecule has 30 heavy (non-hydrogen) atoms. The molecule has 0 amide bonds. The number of rotatable bonds is 6. The average molecular weight is 405 g/mol. The third kappa shape index (κ3) is 4.55. The molecular formula is C22H23N5O3. The van der Waals surface area contributed by atoms with Crippen LogP contribution in [0.2, 0.25) is 0 Å². The second kappa shape index (κ2) is 8.87. The van der Waals surface area contributed by atoms with Crippen LogP contribution in [0.4, 0.5) is 17.3 Å². The molecule has 1 atom stereocenters. The van der Waals surface area contributed by atoms with Crippen molar-refractivity contribution in [1.29, 1.82) is 0 Å². The monoisotopic (exact) mass is 405 g/mol. The standard InChI is InChI=1S/C22H23N5O3/c1-16-15-26(11-12-30-16)21-10-7-17(14-24-21)13-23-20-9-8-19(27(28)29)22(25-20)18-5-3-2-4-6-18/h2-10,14,16H,11-13,15H2,1H3,(H,23,25). The number of nitrogens with one attached hydrogen (secondary N) is 1. The Morgan fingerprint density at radius 3 is 2.73 bits per heavy atom. The van der Waals surface area contributed by atoms with E-state index in [2.05, 4.69) is 27.1 Å². The number of anilines is 2. The van der Waals surface area contributed by atoms with Crippen LogP contribution in [0.5, 0.6) is 0 Å². The number of morpholine rings is 1. The molecule has 1 fully saturated rings. The van der Waals surface area contributed by atoms with Crippen LogP contribution in [0.1, 0.15) is 12.5 Å². The lowest BCUT2D eigenvalue weighted by molar-refractivity contribution is -0.384. The second-order valence-corrected chi connectivity index (χ2v) is 7.19. The van der Waals surface area contributed by atoms with Crippen molar-refractivity contribution in [1.82, 2.24) is 9.97 Å². The van der Waals surface area contributed by atoms with Gasteiger partial charge in [-0.2, -0.15) is 0 Å². The molecule has 1 saturated heterocycles. The Labute approximate surface area is 174 Å². The number of ether oxygens (including phenoxy) is 1. The minimum Gasteiger partial charge on any atom is -0.375 e. The van der Waals surface area contributed by atoms with E-state index in [9.17, 15) is 10.1 Å². The van der Waals surface area contributed by atoms with Crippen molar-refractivity contribution < 1.29 is 9.66 Å².